The second-order valence-electron chi connectivity index (χ2n) is 3.97. The number of halogens is 1. The van der Waals surface area contributed by atoms with Crippen LogP contribution in [0.1, 0.15) is 16.7 Å². The predicted molar refractivity (Wildman–Crippen MR) is 72.3 cm³/mol. The summed E-state index contributed by atoms with van der Waals surface area (Å²) in [5, 5.41) is 3.32. The van der Waals surface area contributed by atoms with Gasteiger partial charge in [0.15, 0.2) is 0 Å². The standard InChI is InChI=1S/C14H15ClN2/c1-11-3-2-8-16-14(11)17-10-13-6-4-12(9-15)5-7-13/h2-8H,9-10H2,1H3,(H,16,17). The van der Waals surface area contributed by atoms with E-state index in [9.17, 15) is 0 Å². The van der Waals surface area contributed by atoms with E-state index in [0.29, 0.717) is 5.88 Å². The third-order valence-corrected chi connectivity index (χ3v) is 2.96. The summed E-state index contributed by atoms with van der Waals surface area (Å²) in [6.07, 6.45) is 1.80. The summed E-state index contributed by atoms with van der Waals surface area (Å²) in [4.78, 5) is 4.29. The van der Waals surface area contributed by atoms with Gasteiger partial charge in [-0.1, -0.05) is 30.3 Å². The minimum atomic E-state index is 0.563. The number of aromatic nitrogens is 1. The van der Waals surface area contributed by atoms with Crippen LogP contribution >= 0.6 is 11.6 Å². The first-order chi connectivity index (χ1) is 8.29. The van der Waals surface area contributed by atoms with Crippen LogP contribution in [0, 0.1) is 6.92 Å². The number of benzene rings is 1. The summed E-state index contributed by atoms with van der Waals surface area (Å²) in [6.45, 7) is 2.83. The Kier molecular flexibility index (Phi) is 3.99. The fraction of sp³-hybridized carbons (Fsp3) is 0.214. The predicted octanol–water partition coefficient (Wildman–Crippen LogP) is 3.74. The van der Waals surface area contributed by atoms with Gasteiger partial charge in [-0.05, 0) is 29.7 Å². The molecule has 2 rings (SSSR count). The summed E-state index contributed by atoms with van der Waals surface area (Å²) in [6, 6.07) is 12.3. The smallest absolute Gasteiger partial charge is 0.129 e. The second-order valence-corrected chi connectivity index (χ2v) is 4.24. The molecular weight excluding hydrogens is 232 g/mol. The molecule has 0 aliphatic rings. The maximum Gasteiger partial charge on any atom is 0.129 e. The fourth-order valence-corrected chi connectivity index (χ4v) is 1.78. The van der Waals surface area contributed by atoms with Crippen molar-refractivity contribution in [1.82, 2.24) is 4.98 Å². The normalized spacial score (nSPS) is 10.2. The Balaban J connectivity index is 2.00. The average Bonchev–Trinajstić information content (AvgIpc) is 2.38. The molecule has 0 unspecified atom stereocenters. The molecule has 2 nitrogen and oxygen atoms in total. The Labute approximate surface area is 107 Å². The van der Waals surface area contributed by atoms with Gasteiger partial charge in [-0.2, -0.15) is 0 Å². The lowest BCUT2D eigenvalue weighted by Crippen LogP contribution is -2.02. The second kappa shape index (κ2) is 5.69. The topological polar surface area (TPSA) is 24.9 Å². The average molecular weight is 247 g/mol. The molecule has 0 spiro atoms. The molecule has 1 N–H and O–H groups in total. The number of anilines is 1. The maximum absolute atomic E-state index is 5.75. The van der Waals surface area contributed by atoms with Crippen molar-refractivity contribution in [3.05, 3.63) is 59.3 Å². The molecule has 0 bridgehead atoms. The molecule has 1 heterocycles. The Hall–Kier alpha value is -1.54. The molecule has 0 aliphatic carbocycles. The number of nitrogens with zero attached hydrogens (tertiary/aromatic N) is 1. The molecular formula is C14H15ClN2. The lowest BCUT2D eigenvalue weighted by Gasteiger charge is -2.08. The van der Waals surface area contributed by atoms with E-state index in [1.165, 1.54) is 5.56 Å². The highest BCUT2D eigenvalue weighted by Crippen LogP contribution is 2.12. The van der Waals surface area contributed by atoms with Gasteiger partial charge in [-0.15, -0.1) is 11.6 Å². The van der Waals surface area contributed by atoms with E-state index in [-0.39, 0.29) is 0 Å². The van der Waals surface area contributed by atoms with Crippen LogP contribution in [0.25, 0.3) is 0 Å². The molecule has 3 heteroatoms. The van der Waals surface area contributed by atoms with Crippen molar-refractivity contribution < 1.29 is 0 Å². The SMILES string of the molecule is Cc1cccnc1NCc1ccc(CCl)cc1. The van der Waals surface area contributed by atoms with Crippen molar-refractivity contribution >= 4 is 17.4 Å². The number of aryl methyl sites for hydroxylation is 1. The highest BCUT2D eigenvalue weighted by molar-refractivity contribution is 6.17. The first-order valence-corrected chi connectivity index (χ1v) is 6.12. The van der Waals surface area contributed by atoms with Crippen molar-refractivity contribution in [3.8, 4) is 0 Å². The number of alkyl halides is 1. The van der Waals surface area contributed by atoms with Gasteiger partial charge in [0, 0.05) is 18.6 Å². The summed E-state index contributed by atoms with van der Waals surface area (Å²) >= 11 is 5.75. The van der Waals surface area contributed by atoms with E-state index in [2.05, 4.69) is 34.6 Å². The van der Waals surface area contributed by atoms with Crippen molar-refractivity contribution in [2.45, 2.75) is 19.3 Å². The lowest BCUT2D eigenvalue weighted by molar-refractivity contribution is 1.09. The molecule has 88 valence electrons. The van der Waals surface area contributed by atoms with E-state index >= 15 is 0 Å². The number of hydrogen-bond acceptors (Lipinski definition) is 2. The molecule has 1 aromatic heterocycles. The van der Waals surface area contributed by atoms with Crippen LogP contribution in [0.5, 0.6) is 0 Å². The van der Waals surface area contributed by atoms with Gasteiger partial charge >= 0.3 is 0 Å². The zero-order valence-corrected chi connectivity index (χ0v) is 10.5. The molecule has 2 aromatic rings. The highest BCUT2D eigenvalue weighted by Gasteiger charge is 1.98. The van der Waals surface area contributed by atoms with Crippen LogP contribution in [0.2, 0.25) is 0 Å². The Morgan fingerprint density at radius 2 is 1.82 bits per heavy atom. The Morgan fingerprint density at radius 3 is 2.47 bits per heavy atom. The summed E-state index contributed by atoms with van der Waals surface area (Å²) < 4.78 is 0. The largest absolute Gasteiger partial charge is 0.366 e. The van der Waals surface area contributed by atoms with Gasteiger partial charge < -0.3 is 5.32 Å². The van der Waals surface area contributed by atoms with Crippen LogP contribution in [0.15, 0.2) is 42.6 Å². The first kappa shape index (κ1) is 11.9. The third-order valence-electron chi connectivity index (χ3n) is 2.65. The van der Waals surface area contributed by atoms with Crippen molar-refractivity contribution in [1.29, 1.82) is 0 Å². The lowest BCUT2D eigenvalue weighted by atomic mass is 10.1. The Morgan fingerprint density at radius 1 is 1.12 bits per heavy atom. The van der Waals surface area contributed by atoms with Crippen LogP contribution in [0.3, 0.4) is 0 Å². The van der Waals surface area contributed by atoms with Crippen LogP contribution in [0.4, 0.5) is 5.82 Å². The monoisotopic (exact) mass is 246 g/mol. The summed E-state index contributed by atoms with van der Waals surface area (Å²) in [5.41, 5.74) is 3.53. The van der Waals surface area contributed by atoms with Crippen molar-refractivity contribution in [2.75, 3.05) is 5.32 Å². The Bertz CT molecular complexity index is 480. The van der Waals surface area contributed by atoms with Crippen LogP contribution in [-0.4, -0.2) is 4.98 Å². The quantitative estimate of drug-likeness (QED) is 0.832. The summed E-state index contributed by atoms with van der Waals surface area (Å²) in [7, 11) is 0. The minimum Gasteiger partial charge on any atom is -0.366 e. The zero-order chi connectivity index (χ0) is 12.1. The molecule has 1 aromatic carbocycles. The number of nitrogens with one attached hydrogen (secondary N) is 1. The van der Waals surface area contributed by atoms with Gasteiger partial charge in [-0.25, -0.2) is 4.98 Å². The molecule has 0 saturated carbocycles. The maximum atomic E-state index is 5.75. The highest BCUT2D eigenvalue weighted by atomic mass is 35.5. The molecule has 0 radical (unpaired) electrons. The van der Waals surface area contributed by atoms with Gasteiger partial charge in [0.1, 0.15) is 5.82 Å². The van der Waals surface area contributed by atoms with Gasteiger partial charge in [0.2, 0.25) is 0 Å². The molecule has 0 saturated heterocycles. The van der Waals surface area contributed by atoms with Gasteiger partial charge in [0.05, 0.1) is 0 Å². The van der Waals surface area contributed by atoms with Crippen molar-refractivity contribution in [3.63, 3.8) is 0 Å². The summed E-state index contributed by atoms with van der Waals surface area (Å²) in [5.74, 6) is 1.50. The number of pyridine rings is 1. The minimum absolute atomic E-state index is 0.563. The van der Waals surface area contributed by atoms with Crippen molar-refractivity contribution in [2.24, 2.45) is 0 Å². The van der Waals surface area contributed by atoms with Crippen LogP contribution in [-0.2, 0) is 12.4 Å². The molecule has 0 aliphatic heterocycles. The molecule has 17 heavy (non-hydrogen) atoms. The first-order valence-electron chi connectivity index (χ1n) is 5.59. The number of hydrogen-bond donors (Lipinski definition) is 1. The third kappa shape index (κ3) is 3.21. The van der Waals surface area contributed by atoms with E-state index < -0.39 is 0 Å². The van der Waals surface area contributed by atoms with E-state index in [0.717, 1.165) is 23.5 Å². The number of rotatable bonds is 4. The van der Waals surface area contributed by atoms with E-state index in [1.54, 1.807) is 6.20 Å². The van der Waals surface area contributed by atoms with E-state index in [1.807, 2.05) is 19.1 Å². The van der Waals surface area contributed by atoms with Gasteiger partial charge in [-0.3, -0.25) is 0 Å². The molecule has 0 atom stereocenters. The molecule has 0 fully saturated rings. The van der Waals surface area contributed by atoms with Gasteiger partial charge in [0.25, 0.3) is 0 Å². The molecule has 0 amide bonds. The fourth-order valence-electron chi connectivity index (χ4n) is 1.60. The zero-order valence-electron chi connectivity index (χ0n) is 9.78. The van der Waals surface area contributed by atoms with Crippen LogP contribution < -0.4 is 5.32 Å². The van der Waals surface area contributed by atoms with E-state index in [4.69, 9.17) is 11.6 Å².